The van der Waals surface area contributed by atoms with Crippen LogP contribution in [0.25, 0.3) is 11.3 Å². The van der Waals surface area contributed by atoms with Gasteiger partial charge in [0.1, 0.15) is 5.69 Å². The van der Waals surface area contributed by atoms with Gasteiger partial charge in [-0.2, -0.15) is 5.10 Å². The Kier molecular flexibility index (Phi) is 6.04. The Labute approximate surface area is 177 Å². The number of aryl methyl sites for hydroxylation is 1. The molecule has 0 saturated carbocycles. The number of hydrogen-bond acceptors (Lipinski definition) is 2. The molecule has 150 valence electrons. The van der Waals surface area contributed by atoms with E-state index in [9.17, 15) is 4.79 Å². The van der Waals surface area contributed by atoms with E-state index in [1.807, 2.05) is 71.5 Å². The minimum Gasteiger partial charge on any atom is -0.352 e. The van der Waals surface area contributed by atoms with Gasteiger partial charge >= 0.3 is 0 Å². The molecule has 0 bridgehead atoms. The second-order valence-electron chi connectivity index (χ2n) is 7.37. The van der Waals surface area contributed by atoms with E-state index < -0.39 is 0 Å². The number of carbonyl (C=O) groups is 1. The largest absolute Gasteiger partial charge is 0.352 e. The van der Waals surface area contributed by atoms with Gasteiger partial charge in [-0.25, -0.2) is 0 Å². The molecular weight excluding hydrogens is 370 g/mol. The summed E-state index contributed by atoms with van der Waals surface area (Å²) in [6.45, 7) is 3.30. The predicted octanol–water partition coefficient (Wildman–Crippen LogP) is 4.88. The van der Waals surface area contributed by atoms with Crippen molar-refractivity contribution in [2.75, 3.05) is 6.54 Å². The van der Waals surface area contributed by atoms with E-state index in [0.29, 0.717) is 24.3 Å². The first-order valence-corrected chi connectivity index (χ1v) is 10.2. The van der Waals surface area contributed by atoms with Gasteiger partial charge in [0.25, 0.3) is 5.91 Å². The summed E-state index contributed by atoms with van der Waals surface area (Å²) in [6, 6.07) is 28.3. The average molecular weight is 396 g/mol. The van der Waals surface area contributed by atoms with E-state index in [2.05, 4.69) is 36.5 Å². The minimum atomic E-state index is -0.0956. The highest BCUT2D eigenvalue weighted by Crippen LogP contribution is 2.22. The Morgan fingerprint density at radius 2 is 1.57 bits per heavy atom. The van der Waals surface area contributed by atoms with Crippen LogP contribution in [0.2, 0.25) is 0 Å². The van der Waals surface area contributed by atoms with Gasteiger partial charge in [0, 0.05) is 18.3 Å². The smallest absolute Gasteiger partial charge is 0.255 e. The maximum Gasteiger partial charge on any atom is 0.255 e. The van der Waals surface area contributed by atoms with Gasteiger partial charge in [0.2, 0.25) is 0 Å². The molecule has 0 spiro atoms. The van der Waals surface area contributed by atoms with Crippen LogP contribution >= 0.6 is 0 Å². The third kappa shape index (κ3) is 4.66. The fourth-order valence-corrected chi connectivity index (χ4v) is 3.54. The number of aromatic nitrogens is 2. The predicted molar refractivity (Wildman–Crippen MR) is 120 cm³/mol. The number of benzene rings is 3. The first-order valence-electron chi connectivity index (χ1n) is 10.2. The number of nitrogens with one attached hydrogen (secondary N) is 1. The maximum absolute atomic E-state index is 13.0. The normalized spacial score (nSPS) is 10.7. The summed E-state index contributed by atoms with van der Waals surface area (Å²) in [5.74, 6) is -0.0956. The summed E-state index contributed by atoms with van der Waals surface area (Å²) in [4.78, 5) is 13.0. The molecule has 0 aliphatic rings. The van der Waals surface area contributed by atoms with Gasteiger partial charge in [-0.3, -0.25) is 9.48 Å². The van der Waals surface area contributed by atoms with Crippen LogP contribution < -0.4 is 5.32 Å². The van der Waals surface area contributed by atoms with Crippen molar-refractivity contribution >= 4 is 5.91 Å². The molecule has 30 heavy (non-hydrogen) atoms. The van der Waals surface area contributed by atoms with Crippen molar-refractivity contribution in [3.63, 3.8) is 0 Å². The lowest BCUT2D eigenvalue weighted by molar-refractivity contribution is 0.0954. The number of rotatable bonds is 7. The van der Waals surface area contributed by atoms with Crippen molar-refractivity contribution in [3.05, 3.63) is 113 Å². The molecule has 0 radical (unpaired) electrons. The van der Waals surface area contributed by atoms with Crippen LogP contribution in [0.4, 0.5) is 0 Å². The molecule has 0 saturated heterocycles. The van der Waals surface area contributed by atoms with Crippen molar-refractivity contribution in [2.24, 2.45) is 0 Å². The maximum atomic E-state index is 13.0. The molecule has 3 aromatic carbocycles. The molecular formula is C26H25N3O. The van der Waals surface area contributed by atoms with Crippen LogP contribution in [0, 0.1) is 6.92 Å². The molecule has 4 heteroatoms. The van der Waals surface area contributed by atoms with E-state index in [1.54, 1.807) is 0 Å². The second-order valence-corrected chi connectivity index (χ2v) is 7.37. The monoisotopic (exact) mass is 395 g/mol. The summed E-state index contributed by atoms with van der Waals surface area (Å²) in [6.07, 6.45) is 2.65. The zero-order valence-corrected chi connectivity index (χ0v) is 17.1. The minimum absolute atomic E-state index is 0.0956. The van der Waals surface area contributed by atoms with Crippen LogP contribution in [0.1, 0.15) is 27.0 Å². The summed E-state index contributed by atoms with van der Waals surface area (Å²) in [5, 5.41) is 7.80. The Morgan fingerprint density at radius 1 is 0.900 bits per heavy atom. The Hall–Kier alpha value is -3.66. The van der Waals surface area contributed by atoms with Crippen LogP contribution in [0.3, 0.4) is 0 Å². The van der Waals surface area contributed by atoms with Crippen LogP contribution in [-0.2, 0) is 13.0 Å². The summed E-state index contributed by atoms with van der Waals surface area (Å²) < 4.78 is 1.84. The van der Waals surface area contributed by atoms with Crippen molar-refractivity contribution in [2.45, 2.75) is 19.9 Å². The first kappa shape index (κ1) is 19.6. The topological polar surface area (TPSA) is 46.9 Å². The Balaban J connectivity index is 1.54. The molecule has 4 rings (SSSR count). The lowest BCUT2D eigenvalue weighted by Crippen LogP contribution is -2.26. The molecule has 1 N–H and O–H groups in total. The number of amides is 1. The highest BCUT2D eigenvalue weighted by Gasteiger charge is 2.18. The number of hydrogen-bond donors (Lipinski definition) is 1. The van der Waals surface area contributed by atoms with Crippen LogP contribution in [0.15, 0.2) is 91.1 Å². The van der Waals surface area contributed by atoms with Crippen molar-refractivity contribution in [3.8, 4) is 11.3 Å². The SMILES string of the molecule is Cc1ccccc1CCNC(=O)c1cn(Cc2ccccc2)nc1-c1ccccc1. The zero-order valence-electron chi connectivity index (χ0n) is 17.1. The molecule has 0 fully saturated rings. The molecule has 1 amide bonds. The molecule has 4 aromatic rings. The van der Waals surface area contributed by atoms with E-state index in [0.717, 1.165) is 17.5 Å². The van der Waals surface area contributed by atoms with Gasteiger partial charge in [0.05, 0.1) is 12.1 Å². The molecule has 1 heterocycles. The standard InChI is InChI=1S/C26H25N3O/c1-20-10-8-9-13-22(20)16-17-27-26(30)24-19-29(18-21-11-4-2-5-12-21)28-25(24)23-14-6-3-7-15-23/h2-15,19H,16-18H2,1H3,(H,27,30). The van der Waals surface area contributed by atoms with Gasteiger partial charge in [-0.15, -0.1) is 0 Å². The fourth-order valence-electron chi connectivity index (χ4n) is 3.54. The van der Waals surface area contributed by atoms with Gasteiger partial charge in [-0.05, 0) is 30.0 Å². The lowest BCUT2D eigenvalue weighted by Gasteiger charge is -2.07. The van der Waals surface area contributed by atoms with Gasteiger partial charge in [0.15, 0.2) is 0 Å². The first-order chi connectivity index (χ1) is 14.7. The highest BCUT2D eigenvalue weighted by molar-refractivity contribution is 5.99. The quantitative estimate of drug-likeness (QED) is 0.485. The fraction of sp³-hybridized carbons (Fsp3) is 0.154. The van der Waals surface area contributed by atoms with Gasteiger partial charge < -0.3 is 5.32 Å². The average Bonchev–Trinajstić information content (AvgIpc) is 3.20. The van der Waals surface area contributed by atoms with E-state index >= 15 is 0 Å². The van der Waals surface area contributed by atoms with Crippen LogP contribution in [0.5, 0.6) is 0 Å². The zero-order chi connectivity index (χ0) is 20.8. The number of carbonyl (C=O) groups excluding carboxylic acids is 1. The van der Waals surface area contributed by atoms with Crippen molar-refractivity contribution < 1.29 is 4.79 Å². The molecule has 0 aliphatic carbocycles. The molecule has 0 unspecified atom stereocenters. The Bertz CT molecular complexity index is 1120. The third-order valence-electron chi connectivity index (χ3n) is 5.18. The van der Waals surface area contributed by atoms with E-state index in [4.69, 9.17) is 5.10 Å². The molecule has 0 aliphatic heterocycles. The van der Waals surface area contributed by atoms with Gasteiger partial charge in [-0.1, -0.05) is 84.9 Å². The molecule has 4 nitrogen and oxygen atoms in total. The summed E-state index contributed by atoms with van der Waals surface area (Å²) >= 11 is 0. The second kappa shape index (κ2) is 9.23. The Morgan fingerprint density at radius 3 is 2.30 bits per heavy atom. The molecule has 0 atom stereocenters. The summed E-state index contributed by atoms with van der Waals surface area (Å²) in [7, 11) is 0. The lowest BCUT2D eigenvalue weighted by atomic mass is 10.1. The number of nitrogens with zero attached hydrogens (tertiary/aromatic N) is 2. The van der Waals surface area contributed by atoms with Crippen LogP contribution in [-0.4, -0.2) is 22.2 Å². The summed E-state index contributed by atoms with van der Waals surface area (Å²) in [5.41, 5.74) is 5.88. The molecule has 1 aromatic heterocycles. The highest BCUT2D eigenvalue weighted by atomic mass is 16.1. The van der Waals surface area contributed by atoms with Crippen molar-refractivity contribution in [1.82, 2.24) is 15.1 Å². The third-order valence-corrected chi connectivity index (χ3v) is 5.18. The van der Waals surface area contributed by atoms with E-state index in [1.165, 1.54) is 11.1 Å². The van der Waals surface area contributed by atoms with E-state index in [-0.39, 0.29) is 5.91 Å². The van der Waals surface area contributed by atoms with Crippen molar-refractivity contribution in [1.29, 1.82) is 0 Å².